The molecule has 1 fully saturated rings. The largest absolute Gasteiger partial charge is 0.462 e. The second-order valence-electron chi connectivity index (χ2n) is 3.70. The summed E-state index contributed by atoms with van der Waals surface area (Å²) in [5.74, 6) is 0.368. The van der Waals surface area contributed by atoms with Gasteiger partial charge in [-0.25, -0.2) is 4.79 Å². The SMILES string of the molecule is CC=C/C=C\C=C\C(=O)OCC1CCC1. The molecule has 0 radical (unpaired) electrons. The van der Waals surface area contributed by atoms with Crippen LogP contribution >= 0.6 is 0 Å². The first-order chi connectivity index (χ1) is 7.33. The third-order valence-electron chi connectivity index (χ3n) is 2.44. The molecule has 1 rings (SSSR count). The molecule has 0 atom stereocenters. The molecule has 82 valence electrons. The van der Waals surface area contributed by atoms with Gasteiger partial charge in [0.15, 0.2) is 0 Å². The standard InChI is InChI=1S/C13H18O2/c1-2-3-4-5-6-10-13(14)15-11-12-8-7-9-12/h2-6,10,12H,7-9,11H2,1H3/b3-2?,5-4-,10-6+. The van der Waals surface area contributed by atoms with E-state index in [2.05, 4.69) is 0 Å². The van der Waals surface area contributed by atoms with E-state index in [-0.39, 0.29) is 5.97 Å². The van der Waals surface area contributed by atoms with Crippen molar-refractivity contribution < 1.29 is 9.53 Å². The second-order valence-corrected chi connectivity index (χ2v) is 3.70. The molecule has 2 heteroatoms. The van der Waals surface area contributed by atoms with Crippen molar-refractivity contribution in [2.24, 2.45) is 5.92 Å². The number of carbonyl (C=O) groups is 1. The van der Waals surface area contributed by atoms with Crippen LogP contribution in [0.1, 0.15) is 26.2 Å². The average Bonchev–Trinajstić information content (AvgIpc) is 2.15. The van der Waals surface area contributed by atoms with Crippen molar-refractivity contribution >= 4 is 5.97 Å². The molecule has 0 N–H and O–H groups in total. The van der Waals surface area contributed by atoms with Crippen molar-refractivity contribution in [2.75, 3.05) is 6.61 Å². The van der Waals surface area contributed by atoms with E-state index in [1.165, 1.54) is 25.3 Å². The summed E-state index contributed by atoms with van der Waals surface area (Å²) in [6.07, 6.45) is 14.4. The summed E-state index contributed by atoms with van der Waals surface area (Å²) in [5, 5.41) is 0. The quantitative estimate of drug-likeness (QED) is 0.392. The van der Waals surface area contributed by atoms with Crippen LogP contribution < -0.4 is 0 Å². The molecule has 0 heterocycles. The summed E-state index contributed by atoms with van der Waals surface area (Å²) < 4.78 is 5.07. The maximum atomic E-state index is 11.2. The first-order valence-corrected chi connectivity index (χ1v) is 5.45. The molecule has 2 nitrogen and oxygen atoms in total. The lowest BCUT2D eigenvalue weighted by Crippen LogP contribution is -2.19. The molecule has 0 aromatic heterocycles. The van der Waals surface area contributed by atoms with Gasteiger partial charge in [-0.05, 0) is 25.7 Å². The summed E-state index contributed by atoms with van der Waals surface area (Å²) in [6, 6.07) is 0. The summed E-state index contributed by atoms with van der Waals surface area (Å²) in [4.78, 5) is 11.2. The van der Waals surface area contributed by atoms with Crippen LogP contribution in [0.25, 0.3) is 0 Å². The van der Waals surface area contributed by atoms with Crippen molar-refractivity contribution in [1.29, 1.82) is 0 Å². The predicted octanol–water partition coefficient (Wildman–Crippen LogP) is 3.02. The van der Waals surface area contributed by atoms with E-state index in [4.69, 9.17) is 4.74 Å². The zero-order valence-corrected chi connectivity index (χ0v) is 9.19. The molecule has 0 unspecified atom stereocenters. The van der Waals surface area contributed by atoms with E-state index >= 15 is 0 Å². The number of carbonyl (C=O) groups excluding carboxylic acids is 1. The van der Waals surface area contributed by atoms with Crippen LogP contribution in [0.3, 0.4) is 0 Å². The fourth-order valence-corrected chi connectivity index (χ4v) is 1.28. The van der Waals surface area contributed by atoms with Crippen LogP contribution in [-0.2, 0) is 9.53 Å². The van der Waals surface area contributed by atoms with E-state index in [0.29, 0.717) is 12.5 Å². The van der Waals surface area contributed by atoms with Gasteiger partial charge in [0.2, 0.25) is 0 Å². The molecule has 0 aliphatic heterocycles. The first-order valence-electron chi connectivity index (χ1n) is 5.45. The van der Waals surface area contributed by atoms with Gasteiger partial charge in [0.1, 0.15) is 0 Å². The molecule has 1 aliphatic carbocycles. The molecule has 0 bridgehead atoms. The number of ether oxygens (including phenoxy) is 1. The molecule has 1 saturated carbocycles. The van der Waals surface area contributed by atoms with E-state index < -0.39 is 0 Å². The first kappa shape index (κ1) is 11.8. The minimum absolute atomic E-state index is 0.243. The Hall–Kier alpha value is -1.31. The summed E-state index contributed by atoms with van der Waals surface area (Å²) in [5.41, 5.74) is 0. The van der Waals surface area contributed by atoms with Gasteiger partial charge in [0.25, 0.3) is 0 Å². The zero-order valence-electron chi connectivity index (χ0n) is 9.19. The molecule has 0 aromatic rings. The van der Waals surface area contributed by atoms with E-state index in [1.54, 1.807) is 6.08 Å². The van der Waals surface area contributed by atoms with Crippen LogP contribution in [0.5, 0.6) is 0 Å². The Bertz CT molecular complexity index is 270. The lowest BCUT2D eigenvalue weighted by atomic mass is 9.86. The Morgan fingerprint density at radius 2 is 2.00 bits per heavy atom. The van der Waals surface area contributed by atoms with E-state index in [0.717, 1.165) is 0 Å². The van der Waals surface area contributed by atoms with Gasteiger partial charge in [-0.1, -0.05) is 36.8 Å². The van der Waals surface area contributed by atoms with Crippen molar-refractivity contribution in [1.82, 2.24) is 0 Å². The number of allylic oxidation sites excluding steroid dienone is 5. The molecular formula is C13H18O2. The molecule has 0 amide bonds. The van der Waals surface area contributed by atoms with Crippen LogP contribution in [0, 0.1) is 5.92 Å². The highest BCUT2D eigenvalue weighted by Gasteiger charge is 2.18. The van der Waals surface area contributed by atoms with Crippen molar-refractivity contribution in [3.63, 3.8) is 0 Å². The molecule has 1 aliphatic rings. The van der Waals surface area contributed by atoms with Crippen LogP contribution in [0.2, 0.25) is 0 Å². The average molecular weight is 206 g/mol. The van der Waals surface area contributed by atoms with E-state index in [9.17, 15) is 4.79 Å². The lowest BCUT2D eigenvalue weighted by Gasteiger charge is -2.24. The van der Waals surface area contributed by atoms with Crippen LogP contribution in [0.15, 0.2) is 36.5 Å². The highest BCUT2D eigenvalue weighted by atomic mass is 16.5. The Balaban J connectivity index is 2.11. The van der Waals surface area contributed by atoms with Crippen molar-refractivity contribution in [2.45, 2.75) is 26.2 Å². The molecule has 0 spiro atoms. The number of rotatable bonds is 5. The Labute approximate surface area is 91.3 Å². The number of hydrogen-bond donors (Lipinski definition) is 0. The van der Waals surface area contributed by atoms with Crippen molar-refractivity contribution in [3.05, 3.63) is 36.5 Å². The van der Waals surface area contributed by atoms with Gasteiger partial charge in [-0.2, -0.15) is 0 Å². The molecule has 15 heavy (non-hydrogen) atoms. The van der Waals surface area contributed by atoms with Gasteiger partial charge in [-0.15, -0.1) is 0 Å². The molecule has 0 saturated heterocycles. The van der Waals surface area contributed by atoms with Gasteiger partial charge in [0.05, 0.1) is 6.61 Å². The second kappa shape index (κ2) is 7.04. The maximum absolute atomic E-state index is 11.2. The number of hydrogen-bond acceptors (Lipinski definition) is 2. The monoisotopic (exact) mass is 206 g/mol. The fraction of sp³-hybridized carbons (Fsp3) is 0.462. The van der Waals surface area contributed by atoms with Crippen LogP contribution in [-0.4, -0.2) is 12.6 Å². The smallest absolute Gasteiger partial charge is 0.330 e. The topological polar surface area (TPSA) is 26.3 Å². The Kier molecular flexibility index (Phi) is 5.52. The Morgan fingerprint density at radius 3 is 2.60 bits per heavy atom. The third kappa shape index (κ3) is 5.21. The van der Waals surface area contributed by atoms with Gasteiger partial charge in [-0.3, -0.25) is 0 Å². The fourth-order valence-electron chi connectivity index (χ4n) is 1.28. The van der Waals surface area contributed by atoms with Gasteiger partial charge < -0.3 is 4.74 Å². The highest BCUT2D eigenvalue weighted by molar-refractivity contribution is 5.82. The highest BCUT2D eigenvalue weighted by Crippen LogP contribution is 2.26. The van der Waals surface area contributed by atoms with E-state index in [1.807, 2.05) is 31.2 Å². The maximum Gasteiger partial charge on any atom is 0.330 e. The van der Waals surface area contributed by atoms with Gasteiger partial charge in [0, 0.05) is 6.08 Å². The summed E-state index contributed by atoms with van der Waals surface area (Å²) >= 11 is 0. The minimum Gasteiger partial charge on any atom is -0.462 e. The summed E-state index contributed by atoms with van der Waals surface area (Å²) in [6.45, 7) is 2.53. The normalized spacial score (nSPS) is 17.7. The van der Waals surface area contributed by atoms with Crippen molar-refractivity contribution in [3.8, 4) is 0 Å². The minimum atomic E-state index is -0.243. The van der Waals surface area contributed by atoms with Crippen LogP contribution in [0.4, 0.5) is 0 Å². The predicted molar refractivity (Wildman–Crippen MR) is 61.4 cm³/mol. The summed E-state index contributed by atoms with van der Waals surface area (Å²) in [7, 11) is 0. The Morgan fingerprint density at radius 1 is 1.27 bits per heavy atom. The number of esters is 1. The molecule has 0 aromatic carbocycles. The zero-order chi connectivity index (χ0) is 10.9. The molecular weight excluding hydrogens is 188 g/mol. The lowest BCUT2D eigenvalue weighted by molar-refractivity contribution is -0.139. The third-order valence-corrected chi connectivity index (χ3v) is 2.44. The van der Waals surface area contributed by atoms with Gasteiger partial charge >= 0.3 is 5.97 Å².